The topological polar surface area (TPSA) is 24.4 Å². The highest BCUT2D eigenvalue weighted by Crippen LogP contribution is 2.36. The second-order valence-corrected chi connectivity index (χ2v) is 7.80. The fraction of sp³-hybridized carbons (Fsp3) is 0.421. The Morgan fingerprint density at radius 2 is 2.00 bits per heavy atom. The molecule has 4 heteroatoms. The van der Waals surface area contributed by atoms with Crippen molar-refractivity contribution in [1.82, 2.24) is 5.32 Å². The largest absolute Gasteiger partial charge is 0.363 e. The number of nitrogens with zero attached hydrogens (tertiary/aromatic N) is 1. The molecule has 2 aliphatic rings. The summed E-state index contributed by atoms with van der Waals surface area (Å²) in [5.74, 6) is 1.16. The van der Waals surface area contributed by atoms with E-state index in [2.05, 4.69) is 28.9 Å². The molecule has 120 valence electrons. The van der Waals surface area contributed by atoms with Crippen molar-refractivity contribution < 1.29 is 0 Å². The van der Waals surface area contributed by atoms with E-state index in [-0.39, 0.29) is 6.04 Å². The molecule has 1 aromatic heterocycles. The Labute approximate surface area is 146 Å². The molecule has 2 heterocycles. The van der Waals surface area contributed by atoms with E-state index in [1.54, 1.807) is 0 Å². The third-order valence-corrected chi connectivity index (χ3v) is 6.05. The molecule has 1 atom stereocenters. The number of fused-ring (bicyclic) bond motifs is 2. The Bertz CT molecular complexity index is 735. The number of amidine groups is 1. The Hall–Kier alpha value is -1.32. The van der Waals surface area contributed by atoms with Gasteiger partial charge in [-0.1, -0.05) is 24.1 Å². The molecule has 2 nitrogen and oxygen atoms in total. The van der Waals surface area contributed by atoms with Gasteiger partial charge in [-0.3, -0.25) is 4.99 Å². The van der Waals surface area contributed by atoms with Gasteiger partial charge < -0.3 is 5.32 Å². The monoisotopic (exact) mass is 344 g/mol. The van der Waals surface area contributed by atoms with Crippen LogP contribution in [-0.4, -0.2) is 12.4 Å². The molecule has 1 N–H and O–H groups in total. The number of benzene rings is 1. The SMILES string of the molecule is Clc1ccc2c(c1)C(NC1=NCCCCC1)c1ccsc1CC2. The van der Waals surface area contributed by atoms with Crippen LogP contribution in [0.25, 0.3) is 0 Å². The molecule has 1 aliphatic carbocycles. The standard InChI is InChI=1S/C19H21ClN2S/c20-14-7-5-13-6-8-17-15(9-11-23-17)19(16(13)12-14)22-18-4-2-1-3-10-21-18/h5,7,9,11-12,19H,1-4,6,8,10H2,(H,21,22). The predicted molar refractivity (Wildman–Crippen MR) is 98.9 cm³/mol. The van der Waals surface area contributed by atoms with Crippen LogP contribution in [0.4, 0.5) is 0 Å². The van der Waals surface area contributed by atoms with Gasteiger partial charge in [0.05, 0.1) is 11.9 Å². The van der Waals surface area contributed by atoms with E-state index in [0.29, 0.717) is 0 Å². The quantitative estimate of drug-likeness (QED) is 0.760. The van der Waals surface area contributed by atoms with Gasteiger partial charge in [-0.05, 0) is 66.0 Å². The van der Waals surface area contributed by atoms with Gasteiger partial charge in [-0.2, -0.15) is 0 Å². The lowest BCUT2D eigenvalue weighted by molar-refractivity contribution is 0.716. The molecule has 4 rings (SSSR count). The van der Waals surface area contributed by atoms with Crippen LogP contribution in [0, 0.1) is 0 Å². The average molecular weight is 345 g/mol. The lowest BCUT2D eigenvalue weighted by Crippen LogP contribution is -2.29. The first kappa shape index (κ1) is 15.2. The molecule has 0 saturated carbocycles. The molecule has 23 heavy (non-hydrogen) atoms. The van der Waals surface area contributed by atoms with E-state index in [1.165, 1.54) is 40.8 Å². The number of aliphatic imine (C=N–C) groups is 1. The van der Waals surface area contributed by atoms with Crippen LogP contribution >= 0.6 is 22.9 Å². The van der Waals surface area contributed by atoms with Crippen LogP contribution in [0.3, 0.4) is 0 Å². The highest BCUT2D eigenvalue weighted by atomic mass is 35.5. The van der Waals surface area contributed by atoms with Crippen LogP contribution in [-0.2, 0) is 12.8 Å². The van der Waals surface area contributed by atoms with E-state index in [1.807, 2.05) is 17.4 Å². The molecule has 1 unspecified atom stereocenters. The highest BCUT2D eigenvalue weighted by molar-refractivity contribution is 7.10. The van der Waals surface area contributed by atoms with Gasteiger partial charge in [0.25, 0.3) is 0 Å². The summed E-state index contributed by atoms with van der Waals surface area (Å²) in [5, 5.41) is 6.79. The van der Waals surface area contributed by atoms with E-state index < -0.39 is 0 Å². The number of thiophene rings is 1. The molecule has 1 aliphatic heterocycles. The Morgan fingerprint density at radius 3 is 2.96 bits per heavy atom. The molecule has 0 radical (unpaired) electrons. The summed E-state index contributed by atoms with van der Waals surface area (Å²) in [7, 11) is 0. The third-order valence-electron chi connectivity index (χ3n) is 4.82. The molecule has 0 saturated heterocycles. The maximum atomic E-state index is 6.31. The van der Waals surface area contributed by atoms with Crippen molar-refractivity contribution in [2.75, 3.05) is 6.54 Å². The Morgan fingerprint density at radius 1 is 1.04 bits per heavy atom. The van der Waals surface area contributed by atoms with Gasteiger partial charge in [-0.25, -0.2) is 0 Å². The number of nitrogens with one attached hydrogen (secondary N) is 1. The minimum absolute atomic E-state index is 0.185. The zero-order chi connectivity index (χ0) is 15.6. The number of hydrogen-bond donors (Lipinski definition) is 1. The summed E-state index contributed by atoms with van der Waals surface area (Å²) in [5.41, 5.74) is 4.13. The van der Waals surface area contributed by atoms with Crippen molar-refractivity contribution in [3.63, 3.8) is 0 Å². The molecular formula is C19H21ClN2S. The second kappa shape index (κ2) is 6.66. The summed E-state index contributed by atoms with van der Waals surface area (Å²) in [6.07, 6.45) is 6.99. The van der Waals surface area contributed by atoms with Crippen LogP contribution in [0.15, 0.2) is 34.6 Å². The number of hydrogen-bond acceptors (Lipinski definition) is 3. The van der Waals surface area contributed by atoms with Crippen molar-refractivity contribution in [3.8, 4) is 0 Å². The van der Waals surface area contributed by atoms with Crippen molar-refractivity contribution in [1.29, 1.82) is 0 Å². The van der Waals surface area contributed by atoms with E-state index in [9.17, 15) is 0 Å². The fourth-order valence-corrected chi connectivity index (χ4v) is 4.70. The van der Waals surface area contributed by atoms with Crippen LogP contribution in [0.1, 0.15) is 53.3 Å². The zero-order valence-corrected chi connectivity index (χ0v) is 14.7. The number of rotatable bonds is 1. The molecule has 2 aromatic rings. The van der Waals surface area contributed by atoms with Crippen molar-refractivity contribution in [2.24, 2.45) is 4.99 Å². The average Bonchev–Trinajstić information content (AvgIpc) is 2.79. The molecule has 0 amide bonds. The van der Waals surface area contributed by atoms with Crippen molar-refractivity contribution >= 4 is 28.8 Å². The highest BCUT2D eigenvalue weighted by Gasteiger charge is 2.25. The zero-order valence-electron chi connectivity index (χ0n) is 13.1. The summed E-state index contributed by atoms with van der Waals surface area (Å²) < 4.78 is 0. The molecule has 0 fully saturated rings. The molecule has 1 aromatic carbocycles. The molecule has 0 bridgehead atoms. The Balaban J connectivity index is 1.75. The van der Waals surface area contributed by atoms with Crippen molar-refractivity contribution in [3.05, 3.63) is 56.2 Å². The maximum Gasteiger partial charge on any atom is 0.0970 e. The summed E-state index contributed by atoms with van der Waals surface area (Å²) >= 11 is 8.18. The first-order chi connectivity index (χ1) is 11.3. The van der Waals surface area contributed by atoms with E-state index >= 15 is 0 Å². The van der Waals surface area contributed by atoms with Crippen molar-refractivity contribution in [2.45, 2.75) is 44.6 Å². The van der Waals surface area contributed by atoms with Crippen LogP contribution in [0.2, 0.25) is 5.02 Å². The normalized spacial score (nSPS) is 20.7. The first-order valence-corrected chi connectivity index (χ1v) is 9.71. The lowest BCUT2D eigenvalue weighted by atomic mass is 9.96. The van der Waals surface area contributed by atoms with Crippen LogP contribution in [0.5, 0.6) is 0 Å². The van der Waals surface area contributed by atoms with Gasteiger partial charge in [0, 0.05) is 22.9 Å². The van der Waals surface area contributed by atoms with Gasteiger partial charge in [0.2, 0.25) is 0 Å². The second-order valence-electron chi connectivity index (χ2n) is 6.36. The third kappa shape index (κ3) is 3.17. The summed E-state index contributed by atoms with van der Waals surface area (Å²) in [6.45, 7) is 0.952. The van der Waals surface area contributed by atoms with Crippen LogP contribution < -0.4 is 5.32 Å². The lowest BCUT2D eigenvalue weighted by Gasteiger charge is -2.22. The van der Waals surface area contributed by atoms with Gasteiger partial charge in [0.15, 0.2) is 0 Å². The summed E-state index contributed by atoms with van der Waals surface area (Å²) in [4.78, 5) is 6.27. The minimum atomic E-state index is 0.185. The van der Waals surface area contributed by atoms with Gasteiger partial charge >= 0.3 is 0 Å². The molecule has 0 spiro atoms. The van der Waals surface area contributed by atoms with E-state index in [4.69, 9.17) is 16.6 Å². The predicted octanol–water partition coefficient (Wildman–Crippen LogP) is 5.15. The van der Waals surface area contributed by atoms with E-state index in [0.717, 1.165) is 36.7 Å². The minimum Gasteiger partial charge on any atom is -0.363 e. The Kier molecular flexibility index (Phi) is 4.41. The number of aryl methyl sites for hydroxylation is 2. The summed E-state index contributed by atoms with van der Waals surface area (Å²) in [6, 6.07) is 8.80. The smallest absolute Gasteiger partial charge is 0.0970 e. The maximum absolute atomic E-state index is 6.31. The first-order valence-electron chi connectivity index (χ1n) is 8.46. The van der Waals surface area contributed by atoms with Gasteiger partial charge in [0.1, 0.15) is 0 Å². The van der Waals surface area contributed by atoms with Gasteiger partial charge in [-0.15, -0.1) is 11.3 Å². The number of halogens is 1. The fourth-order valence-electron chi connectivity index (χ4n) is 3.60. The molecular weight excluding hydrogens is 324 g/mol.